The third kappa shape index (κ3) is 4.04. The van der Waals surface area contributed by atoms with Crippen molar-refractivity contribution in [1.82, 2.24) is 5.32 Å². The Labute approximate surface area is 114 Å². The topological polar surface area (TPSA) is 64.4 Å². The summed E-state index contributed by atoms with van der Waals surface area (Å²) in [6.07, 6.45) is 2.55. The van der Waals surface area contributed by atoms with Gasteiger partial charge in [0.2, 0.25) is 5.91 Å². The van der Waals surface area contributed by atoms with Crippen LogP contribution in [0.5, 0.6) is 0 Å². The highest BCUT2D eigenvalue weighted by Crippen LogP contribution is 2.17. The van der Waals surface area contributed by atoms with E-state index in [9.17, 15) is 4.79 Å². The Balaban J connectivity index is 1.80. The van der Waals surface area contributed by atoms with Gasteiger partial charge in [-0.2, -0.15) is 0 Å². The van der Waals surface area contributed by atoms with E-state index in [1.165, 1.54) is 0 Å². The van der Waals surface area contributed by atoms with E-state index in [2.05, 4.69) is 5.32 Å². The molecule has 0 aliphatic carbocycles. The second-order valence-electron chi connectivity index (χ2n) is 5.13. The molecule has 1 amide bonds. The molecule has 1 aliphatic heterocycles. The molecule has 0 bridgehead atoms. The molecule has 0 spiro atoms. The van der Waals surface area contributed by atoms with Gasteiger partial charge in [0.25, 0.3) is 0 Å². The van der Waals surface area contributed by atoms with Gasteiger partial charge in [-0.3, -0.25) is 4.79 Å². The van der Waals surface area contributed by atoms with Crippen LogP contribution in [0.1, 0.15) is 37.8 Å². The molecule has 19 heavy (non-hydrogen) atoms. The lowest BCUT2D eigenvalue weighted by molar-refractivity contribution is -0.122. The van der Waals surface area contributed by atoms with Crippen LogP contribution >= 0.6 is 0 Å². The minimum atomic E-state index is -0.252. The van der Waals surface area contributed by atoms with Crippen LogP contribution < -0.4 is 11.1 Å². The number of nitrogens with one attached hydrogen (secondary N) is 1. The third-order valence-corrected chi connectivity index (χ3v) is 3.54. The molecule has 1 aliphatic rings. The maximum atomic E-state index is 11.9. The van der Waals surface area contributed by atoms with Gasteiger partial charge >= 0.3 is 0 Å². The highest BCUT2D eigenvalue weighted by molar-refractivity contribution is 5.77. The minimum Gasteiger partial charge on any atom is -0.376 e. The predicted molar refractivity (Wildman–Crippen MR) is 74.6 cm³/mol. The summed E-state index contributed by atoms with van der Waals surface area (Å²) >= 11 is 0. The van der Waals surface area contributed by atoms with Crippen molar-refractivity contribution >= 4 is 5.91 Å². The number of carbonyl (C=O) groups excluding carboxylic acids is 1. The molecule has 1 saturated heterocycles. The van der Waals surface area contributed by atoms with E-state index >= 15 is 0 Å². The first-order chi connectivity index (χ1) is 9.16. The van der Waals surface area contributed by atoms with Gasteiger partial charge in [-0.1, -0.05) is 30.3 Å². The quantitative estimate of drug-likeness (QED) is 0.850. The van der Waals surface area contributed by atoms with Crippen molar-refractivity contribution in [3.05, 3.63) is 35.9 Å². The predicted octanol–water partition coefficient (Wildman–Crippen LogP) is 1.76. The molecule has 2 rings (SSSR count). The molecule has 3 atom stereocenters. The molecule has 4 heteroatoms. The van der Waals surface area contributed by atoms with Crippen molar-refractivity contribution < 1.29 is 9.53 Å². The van der Waals surface area contributed by atoms with E-state index in [1.54, 1.807) is 0 Å². The fourth-order valence-corrected chi connectivity index (χ4v) is 2.42. The smallest absolute Gasteiger partial charge is 0.222 e. The standard InChI is InChI=1S/C15H22N2O2/c1-11(14-8-5-9-19-14)17-15(18)10-13(16)12-6-3-2-4-7-12/h2-4,6-7,11,13-14H,5,8-10,16H2,1H3,(H,17,18)/t11-,13+,14+/m0/s1. The van der Waals surface area contributed by atoms with Crippen LogP contribution in [0.2, 0.25) is 0 Å². The van der Waals surface area contributed by atoms with E-state index in [4.69, 9.17) is 10.5 Å². The normalized spacial score (nSPS) is 21.9. The minimum absolute atomic E-state index is 0.0145. The van der Waals surface area contributed by atoms with Crippen molar-refractivity contribution in [2.24, 2.45) is 5.73 Å². The van der Waals surface area contributed by atoms with Gasteiger partial charge in [-0.15, -0.1) is 0 Å². The summed E-state index contributed by atoms with van der Waals surface area (Å²) in [4.78, 5) is 11.9. The van der Waals surface area contributed by atoms with Gasteiger partial charge < -0.3 is 15.8 Å². The van der Waals surface area contributed by atoms with Crippen molar-refractivity contribution in [1.29, 1.82) is 0 Å². The third-order valence-electron chi connectivity index (χ3n) is 3.54. The summed E-state index contributed by atoms with van der Waals surface area (Å²) in [5.41, 5.74) is 7.02. The molecule has 1 fully saturated rings. The van der Waals surface area contributed by atoms with Gasteiger partial charge in [-0.05, 0) is 25.3 Å². The van der Waals surface area contributed by atoms with E-state index in [0.717, 1.165) is 25.0 Å². The summed E-state index contributed by atoms with van der Waals surface area (Å²) in [5.74, 6) is -0.0145. The fraction of sp³-hybridized carbons (Fsp3) is 0.533. The summed E-state index contributed by atoms with van der Waals surface area (Å²) in [5, 5.41) is 2.98. The molecule has 1 aromatic carbocycles. The molecule has 4 nitrogen and oxygen atoms in total. The van der Waals surface area contributed by atoms with Crippen LogP contribution in [0, 0.1) is 0 Å². The summed E-state index contributed by atoms with van der Waals surface area (Å²) in [6.45, 7) is 2.79. The Hall–Kier alpha value is -1.39. The first-order valence-corrected chi connectivity index (χ1v) is 6.88. The second kappa shape index (κ2) is 6.68. The Morgan fingerprint density at radius 2 is 2.21 bits per heavy atom. The molecule has 0 radical (unpaired) electrons. The van der Waals surface area contributed by atoms with E-state index < -0.39 is 0 Å². The van der Waals surface area contributed by atoms with Crippen LogP contribution in [-0.2, 0) is 9.53 Å². The zero-order chi connectivity index (χ0) is 13.7. The molecule has 1 aromatic rings. The van der Waals surface area contributed by atoms with Crippen LogP contribution in [0.4, 0.5) is 0 Å². The monoisotopic (exact) mass is 262 g/mol. The van der Waals surface area contributed by atoms with Gasteiger partial charge in [0.05, 0.1) is 12.1 Å². The fourth-order valence-electron chi connectivity index (χ4n) is 2.42. The lowest BCUT2D eigenvalue weighted by Crippen LogP contribution is -2.41. The Morgan fingerprint density at radius 1 is 1.47 bits per heavy atom. The first-order valence-electron chi connectivity index (χ1n) is 6.88. The number of ether oxygens (including phenoxy) is 1. The summed E-state index contributed by atoms with van der Waals surface area (Å²) < 4.78 is 5.56. The zero-order valence-electron chi connectivity index (χ0n) is 11.3. The van der Waals surface area contributed by atoms with E-state index in [-0.39, 0.29) is 24.1 Å². The van der Waals surface area contributed by atoms with Gasteiger partial charge in [0.1, 0.15) is 0 Å². The van der Waals surface area contributed by atoms with Crippen molar-refractivity contribution in [3.8, 4) is 0 Å². The van der Waals surface area contributed by atoms with Crippen molar-refractivity contribution in [2.45, 2.75) is 44.4 Å². The maximum absolute atomic E-state index is 11.9. The lowest BCUT2D eigenvalue weighted by atomic mass is 10.0. The average Bonchev–Trinajstić information content (AvgIpc) is 2.93. The zero-order valence-corrected chi connectivity index (χ0v) is 11.3. The van der Waals surface area contributed by atoms with E-state index in [1.807, 2.05) is 37.3 Å². The molecule has 1 heterocycles. The maximum Gasteiger partial charge on any atom is 0.222 e. The average molecular weight is 262 g/mol. The number of nitrogens with two attached hydrogens (primary N) is 1. The molecule has 104 valence electrons. The Morgan fingerprint density at radius 3 is 2.84 bits per heavy atom. The van der Waals surface area contributed by atoms with Crippen LogP contribution in [0.15, 0.2) is 30.3 Å². The molecule has 0 saturated carbocycles. The Bertz CT molecular complexity index is 402. The number of hydrogen-bond donors (Lipinski definition) is 2. The number of carbonyl (C=O) groups is 1. The molecule has 3 N–H and O–H groups in total. The largest absolute Gasteiger partial charge is 0.376 e. The first kappa shape index (κ1) is 14.0. The number of benzene rings is 1. The van der Waals surface area contributed by atoms with Gasteiger partial charge in [-0.25, -0.2) is 0 Å². The molecule has 0 unspecified atom stereocenters. The van der Waals surface area contributed by atoms with Crippen LogP contribution in [-0.4, -0.2) is 24.7 Å². The molecule has 0 aromatic heterocycles. The lowest BCUT2D eigenvalue weighted by Gasteiger charge is -2.21. The van der Waals surface area contributed by atoms with Crippen molar-refractivity contribution in [3.63, 3.8) is 0 Å². The summed E-state index contributed by atoms with van der Waals surface area (Å²) in [7, 11) is 0. The van der Waals surface area contributed by atoms with Crippen LogP contribution in [0.3, 0.4) is 0 Å². The second-order valence-corrected chi connectivity index (χ2v) is 5.13. The highest BCUT2D eigenvalue weighted by Gasteiger charge is 2.24. The number of rotatable bonds is 5. The highest BCUT2D eigenvalue weighted by atomic mass is 16.5. The number of amides is 1. The Kier molecular flexibility index (Phi) is 4.93. The van der Waals surface area contributed by atoms with Gasteiger partial charge in [0.15, 0.2) is 0 Å². The SMILES string of the molecule is C[C@H](NC(=O)C[C@@H](N)c1ccccc1)[C@H]1CCCO1. The number of hydrogen-bond acceptors (Lipinski definition) is 3. The van der Waals surface area contributed by atoms with E-state index in [0.29, 0.717) is 6.42 Å². The van der Waals surface area contributed by atoms with Crippen molar-refractivity contribution in [2.75, 3.05) is 6.61 Å². The summed E-state index contributed by atoms with van der Waals surface area (Å²) in [6, 6.07) is 9.50. The van der Waals surface area contributed by atoms with Gasteiger partial charge in [0, 0.05) is 19.1 Å². The molecular weight excluding hydrogens is 240 g/mol. The van der Waals surface area contributed by atoms with Crippen LogP contribution in [0.25, 0.3) is 0 Å². The molecular formula is C15H22N2O2.